The van der Waals surface area contributed by atoms with Gasteiger partial charge < -0.3 is 29.2 Å². The van der Waals surface area contributed by atoms with Gasteiger partial charge in [-0.15, -0.1) is 0 Å². The monoisotopic (exact) mass is 516 g/mol. The third-order valence-electron chi connectivity index (χ3n) is 6.21. The SMILES string of the molecule is CCN1C(=O)N[C@H]2CS[C@@H](CCCCC(=O)CCCOCCOCCOCCOCCC(C)=O)[C@H]21. The maximum atomic E-state index is 12.1. The average Bonchev–Trinajstić information content (AvgIpc) is 3.36. The van der Waals surface area contributed by atoms with E-state index in [9.17, 15) is 14.4 Å². The predicted molar refractivity (Wildman–Crippen MR) is 136 cm³/mol. The van der Waals surface area contributed by atoms with E-state index in [2.05, 4.69) is 5.32 Å². The molecule has 0 bridgehead atoms. The fraction of sp³-hybridized carbons (Fsp3) is 0.880. The van der Waals surface area contributed by atoms with Crippen LogP contribution in [0.4, 0.5) is 4.79 Å². The lowest BCUT2D eigenvalue weighted by Crippen LogP contribution is -2.40. The smallest absolute Gasteiger partial charge is 0.318 e. The number of ketones is 2. The normalized spacial score (nSPS) is 21.4. The first-order chi connectivity index (χ1) is 17.0. The minimum absolute atomic E-state index is 0.0750. The topological polar surface area (TPSA) is 103 Å². The molecule has 2 fully saturated rings. The number of urea groups is 1. The molecule has 0 aromatic carbocycles. The van der Waals surface area contributed by atoms with Crippen LogP contribution in [0.2, 0.25) is 0 Å². The summed E-state index contributed by atoms with van der Waals surface area (Å²) in [6.07, 6.45) is 5.39. The Balaban J connectivity index is 1.33. The molecule has 35 heavy (non-hydrogen) atoms. The lowest BCUT2D eigenvalue weighted by molar-refractivity contribution is -0.119. The number of thioether (sulfide) groups is 1. The zero-order valence-electron chi connectivity index (χ0n) is 21.5. The Morgan fingerprint density at radius 3 is 2.11 bits per heavy atom. The molecule has 2 aliphatic heterocycles. The van der Waals surface area contributed by atoms with Crippen LogP contribution in [-0.2, 0) is 28.5 Å². The van der Waals surface area contributed by atoms with Gasteiger partial charge in [0.05, 0.1) is 58.3 Å². The van der Waals surface area contributed by atoms with Crippen LogP contribution in [0.25, 0.3) is 0 Å². The number of carbonyl (C=O) groups excluding carboxylic acids is 3. The Bertz CT molecular complexity index is 637. The molecule has 2 aliphatic rings. The van der Waals surface area contributed by atoms with Crippen molar-refractivity contribution in [3.63, 3.8) is 0 Å². The highest BCUT2D eigenvalue weighted by Gasteiger charge is 2.47. The summed E-state index contributed by atoms with van der Waals surface area (Å²) < 4.78 is 21.6. The van der Waals surface area contributed by atoms with Gasteiger partial charge in [-0.25, -0.2) is 4.79 Å². The van der Waals surface area contributed by atoms with E-state index in [0.717, 1.165) is 38.0 Å². The molecule has 0 saturated carbocycles. The predicted octanol–water partition coefficient (Wildman–Crippen LogP) is 2.84. The number of hydrogen-bond donors (Lipinski definition) is 1. The number of hydrogen-bond acceptors (Lipinski definition) is 8. The van der Waals surface area contributed by atoms with Gasteiger partial charge in [-0.3, -0.25) is 9.59 Å². The molecule has 10 heteroatoms. The number of nitrogens with zero attached hydrogens (tertiary/aromatic N) is 1. The first-order valence-electron chi connectivity index (χ1n) is 13.0. The van der Waals surface area contributed by atoms with Crippen LogP contribution in [0.1, 0.15) is 58.8 Å². The van der Waals surface area contributed by atoms with Crippen molar-refractivity contribution >= 4 is 29.4 Å². The van der Waals surface area contributed by atoms with Crippen LogP contribution in [0.3, 0.4) is 0 Å². The Morgan fingerprint density at radius 1 is 0.886 bits per heavy atom. The number of unbranched alkanes of at least 4 members (excludes halogenated alkanes) is 1. The summed E-state index contributed by atoms with van der Waals surface area (Å²) in [5.41, 5.74) is 0. The number of likely N-dealkylation sites (N-methyl/N-ethyl adjacent to an activating group) is 1. The quantitative estimate of drug-likeness (QED) is 0.173. The van der Waals surface area contributed by atoms with Crippen molar-refractivity contribution < 1.29 is 33.3 Å². The maximum absolute atomic E-state index is 12.1. The third-order valence-corrected chi connectivity index (χ3v) is 7.70. The van der Waals surface area contributed by atoms with Gasteiger partial charge in [-0.1, -0.05) is 6.42 Å². The lowest BCUT2D eigenvalue weighted by Gasteiger charge is -2.26. The first-order valence-corrected chi connectivity index (χ1v) is 14.1. The van der Waals surface area contributed by atoms with Crippen LogP contribution in [-0.4, -0.2) is 105 Å². The van der Waals surface area contributed by atoms with Gasteiger partial charge >= 0.3 is 6.03 Å². The van der Waals surface area contributed by atoms with Crippen molar-refractivity contribution in [3.8, 4) is 0 Å². The van der Waals surface area contributed by atoms with Gasteiger partial charge in [0.2, 0.25) is 0 Å². The van der Waals surface area contributed by atoms with Crippen LogP contribution in [0.5, 0.6) is 0 Å². The summed E-state index contributed by atoms with van der Waals surface area (Å²) in [7, 11) is 0. The van der Waals surface area contributed by atoms with Gasteiger partial charge in [-0.2, -0.15) is 11.8 Å². The second-order valence-electron chi connectivity index (χ2n) is 8.99. The molecule has 0 aliphatic carbocycles. The largest absolute Gasteiger partial charge is 0.379 e. The number of nitrogens with one attached hydrogen (secondary N) is 1. The second kappa shape index (κ2) is 18.1. The fourth-order valence-corrected chi connectivity index (χ4v) is 5.96. The summed E-state index contributed by atoms with van der Waals surface area (Å²) in [6.45, 7) is 8.33. The molecule has 0 spiro atoms. The van der Waals surface area contributed by atoms with E-state index in [1.807, 2.05) is 23.6 Å². The Morgan fingerprint density at radius 2 is 1.49 bits per heavy atom. The van der Waals surface area contributed by atoms with Crippen molar-refractivity contribution in [2.24, 2.45) is 0 Å². The summed E-state index contributed by atoms with van der Waals surface area (Å²) >= 11 is 1.96. The number of ether oxygens (including phenoxy) is 4. The van der Waals surface area contributed by atoms with Gasteiger partial charge in [0.25, 0.3) is 0 Å². The van der Waals surface area contributed by atoms with E-state index in [-0.39, 0.29) is 17.9 Å². The van der Waals surface area contributed by atoms with Crippen molar-refractivity contribution in [3.05, 3.63) is 0 Å². The van der Waals surface area contributed by atoms with E-state index in [0.29, 0.717) is 89.2 Å². The van der Waals surface area contributed by atoms with Crippen LogP contribution >= 0.6 is 11.8 Å². The van der Waals surface area contributed by atoms with Gasteiger partial charge in [0, 0.05) is 43.4 Å². The van der Waals surface area contributed by atoms with Gasteiger partial charge in [-0.05, 0) is 33.1 Å². The van der Waals surface area contributed by atoms with Gasteiger partial charge in [0.15, 0.2) is 0 Å². The minimum Gasteiger partial charge on any atom is -0.379 e. The molecular weight excluding hydrogens is 472 g/mol. The standard InChI is InChI=1S/C25H44N2O7S/c1-3-27-24-22(26-25(27)30)19-35-23(24)9-5-4-7-21(29)8-6-11-31-13-15-33-17-18-34-16-14-32-12-10-20(2)28/h22-24H,3-19H2,1-2H3,(H,26,30)/t22-,23-,24-/m0/s1. The zero-order valence-corrected chi connectivity index (χ0v) is 22.3. The lowest BCUT2D eigenvalue weighted by atomic mass is 10.0. The number of Topliss-reactive ketones (excluding diaryl/α,β-unsaturated/α-hetero) is 2. The molecule has 2 heterocycles. The average molecular weight is 517 g/mol. The van der Waals surface area contributed by atoms with Crippen molar-refractivity contribution in [2.75, 3.05) is 65.2 Å². The summed E-state index contributed by atoms with van der Waals surface area (Å²) in [5, 5.41) is 3.57. The molecule has 2 rings (SSSR count). The van der Waals surface area contributed by atoms with E-state index in [4.69, 9.17) is 18.9 Å². The Kier molecular flexibility index (Phi) is 15.5. The molecule has 0 radical (unpaired) electrons. The highest BCUT2D eigenvalue weighted by atomic mass is 32.2. The highest BCUT2D eigenvalue weighted by molar-refractivity contribution is 8.00. The van der Waals surface area contributed by atoms with E-state index < -0.39 is 0 Å². The molecule has 202 valence electrons. The first kappa shape index (κ1) is 30.0. The Labute approximate surface area is 214 Å². The van der Waals surface area contributed by atoms with Crippen molar-refractivity contribution in [2.45, 2.75) is 76.1 Å². The molecule has 9 nitrogen and oxygen atoms in total. The molecule has 2 amide bonds. The zero-order chi connectivity index (χ0) is 25.3. The molecule has 0 aromatic heterocycles. The maximum Gasteiger partial charge on any atom is 0.318 e. The molecule has 3 atom stereocenters. The summed E-state index contributed by atoms with van der Waals surface area (Å²) in [5.74, 6) is 1.42. The second-order valence-corrected chi connectivity index (χ2v) is 10.3. The highest BCUT2D eigenvalue weighted by Crippen LogP contribution is 2.37. The Hall–Kier alpha value is -1.20. The van der Waals surface area contributed by atoms with Crippen LogP contribution in [0.15, 0.2) is 0 Å². The van der Waals surface area contributed by atoms with Crippen LogP contribution in [0, 0.1) is 0 Å². The fourth-order valence-electron chi connectivity index (χ4n) is 4.36. The molecule has 2 saturated heterocycles. The molecular formula is C25H44N2O7S. The summed E-state index contributed by atoms with van der Waals surface area (Å²) in [6, 6.07) is 0.671. The van der Waals surface area contributed by atoms with E-state index in [1.54, 1.807) is 6.92 Å². The van der Waals surface area contributed by atoms with Crippen molar-refractivity contribution in [1.29, 1.82) is 0 Å². The molecule has 1 N–H and O–H groups in total. The van der Waals surface area contributed by atoms with E-state index in [1.165, 1.54) is 0 Å². The van der Waals surface area contributed by atoms with E-state index >= 15 is 0 Å². The van der Waals surface area contributed by atoms with Crippen LogP contribution < -0.4 is 5.32 Å². The number of carbonyl (C=O) groups is 3. The summed E-state index contributed by atoms with van der Waals surface area (Å²) in [4.78, 5) is 36.9. The van der Waals surface area contributed by atoms with Crippen molar-refractivity contribution in [1.82, 2.24) is 10.2 Å². The number of fused-ring (bicyclic) bond motifs is 1. The third kappa shape index (κ3) is 12.1. The van der Waals surface area contributed by atoms with Gasteiger partial charge in [0.1, 0.15) is 11.6 Å². The number of amides is 2. The molecule has 0 aromatic rings. The minimum atomic E-state index is 0.0750. The molecule has 0 unspecified atom stereocenters. The number of rotatable bonds is 22.